The van der Waals surface area contributed by atoms with Crippen molar-refractivity contribution in [2.75, 3.05) is 26.7 Å². The summed E-state index contributed by atoms with van der Waals surface area (Å²) in [7, 11) is 2.20. The van der Waals surface area contributed by atoms with Gasteiger partial charge in [-0.2, -0.15) is 0 Å². The third kappa shape index (κ3) is 3.55. The first-order valence-corrected chi connectivity index (χ1v) is 6.90. The molecule has 2 atom stereocenters. The van der Waals surface area contributed by atoms with Gasteiger partial charge in [0.25, 0.3) is 0 Å². The summed E-state index contributed by atoms with van der Waals surface area (Å²) >= 11 is 0. The molecule has 0 radical (unpaired) electrons. The highest BCUT2D eigenvalue weighted by molar-refractivity contribution is 5.18. The second kappa shape index (κ2) is 6.88. The summed E-state index contributed by atoms with van der Waals surface area (Å²) in [6.45, 7) is 2.30. The van der Waals surface area contributed by atoms with Crippen LogP contribution >= 0.6 is 0 Å². The van der Waals surface area contributed by atoms with E-state index < -0.39 is 0 Å². The maximum Gasteiger partial charge on any atom is 0.0626 e. The molecule has 1 fully saturated rings. The Morgan fingerprint density at radius 2 is 2.11 bits per heavy atom. The quantitative estimate of drug-likeness (QED) is 0.834. The van der Waals surface area contributed by atoms with Gasteiger partial charge >= 0.3 is 0 Å². The van der Waals surface area contributed by atoms with Gasteiger partial charge in [0.05, 0.1) is 12.6 Å². The zero-order valence-corrected chi connectivity index (χ0v) is 11.2. The number of aliphatic hydroxyl groups excluding tert-OH is 1. The highest BCUT2D eigenvalue weighted by Gasteiger charge is 2.20. The molecular weight excluding hydrogens is 224 g/mol. The fourth-order valence-corrected chi connectivity index (χ4v) is 2.65. The Labute approximate surface area is 110 Å². The number of nitrogens with one attached hydrogen (secondary N) is 1. The standard InChI is InChI=1S/C15H24N2O/c1-17-10-6-5-9-14(17)11-16-15(12-18)13-7-3-2-4-8-13/h2-4,7-8,14-16,18H,5-6,9-12H2,1H3/t14?,15-/m0/s1. The number of likely N-dealkylation sites (tertiary alicyclic amines) is 1. The second-order valence-corrected chi connectivity index (χ2v) is 5.18. The molecule has 2 rings (SSSR count). The van der Waals surface area contributed by atoms with Crippen LogP contribution in [0.15, 0.2) is 30.3 Å². The molecule has 0 aromatic heterocycles. The summed E-state index contributed by atoms with van der Waals surface area (Å²) in [5, 5.41) is 13.0. The third-order valence-corrected chi connectivity index (χ3v) is 3.91. The van der Waals surface area contributed by atoms with E-state index >= 15 is 0 Å². The van der Waals surface area contributed by atoms with Crippen LogP contribution in [-0.2, 0) is 0 Å². The summed E-state index contributed by atoms with van der Waals surface area (Å²) in [5.74, 6) is 0. The van der Waals surface area contributed by atoms with Gasteiger partial charge in [-0.3, -0.25) is 0 Å². The molecule has 1 unspecified atom stereocenters. The molecule has 3 heteroatoms. The molecule has 18 heavy (non-hydrogen) atoms. The Morgan fingerprint density at radius 3 is 2.78 bits per heavy atom. The minimum Gasteiger partial charge on any atom is -0.394 e. The molecule has 2 N–H and O–H groups in total. The molecule has 100 valence electrons. The molecule has 1 aromatic rings. The van der Waals surface area contributed by atoms with Crippen LogP contribution in [0.4, 0.5) is 0 Å². The van der Waals surface area contributed by atoms with Crippen LogP contribution in [-0.4, -0.2) is 42.8 Å². The number of nitrogens with zero attached hydrogens (tertiary/aromatic N) is 1. The van der Waals surface area contributed by atoms with E-state index in [1.54, 1.807) is 0 Å². The lowest BCUT2D eigenvalue weighted by Crippen LogP contribution is -2.44. The van der Waals surface area contributed by atoms with Crippen LogP contribution in [0.2, 0.25) is 0 Å². The summed E-state index contributed by atoms with van der Waals surface area (Å²) < 4.78 is 0. The minimum absolute atomic E-state index is 0.0570. The number of hydrogen-bond donors (Lipinski definition) is 2. The maximum atomic E-state index is 9.50. The SMILES string of the molecule is CN1CCCCC1CN[C@@H](CO)c1ccccc1. The van der Waals surface area contributed by atoms with Gasteiger partial charge in [0, 0.05) is 12.6 Å². The van der Waals surface area contributed by atoms with Crippen LogP contribution in [0.3, 0.4) is 0 Å². The second-order valence-electron chi connectivity index (χ2n) is 5.18. The van der Waals surface area contributed by atoms with Crippen molar-refractivity contribution < 1.29 is 5.11 Å². The van der Waals surface area contributed by atoms with E-state index in [1.165, 1.54) is 31.4 Å². The molecule has 0 amide bonds. The monoisotopic (exact) mass is 248 g/mol. The molecule has 1 aliphatic rings. The molecule has 0 aliphatic carbocycles. The summed E-state index contributed by atoms with van der Waals surface area (Å²) in [6.07, 6.45) is 3.90. The first-order valence-electron chi connectivity index (χ1n) is 6.90. The van der Waals surface area contributed by atoms with E-state index in [4.69, 9.17) is 0 Å². The van der Waals surface area contributed by atoms with Crippen LogP contribution in [0, 0.1) is 0 Å². The van der Waals surface area contributed by atoms with E-state index in [9.17, 15) is 5.11 Å². The van der Waals surface area contributed by atoms with Crippen molar-refractivity contribution in [3.63, 3.8) is 0 Å². The smallest absolute Gasteiger partial charge is 0.0626 e. The Morgan fingerprint density at radius 1 is 1.33 bits per heavy atom. The largest absolute Gasteiger partial charge is 0.394 e. The predicted octanol–water partition coefficient (Wildman–Crippen LogP) is 1.79. The van der Waals surface area contributed by atoms with Gasteiger partial charge in [-0.1, -0.05) is 36.8 Å². The Bertz CT molecular complexity index is 342. The van der Waals surface area contributed by atoms with Gasteiger partial charge < -0.3 is 15.3 Å². The molecule has 1 aromatic carbocycles. The predicted molar refractivity (Wildman–Crippen MR) is 74.5 cm³/mol. The van der Waals surface area contributed by atoms with Gasteiger partial charge in [-0.05, 0) is 32.0 Å². The van der Waals surface area contributed by atoms with Crippen molar-refractivity contribution in [3.8, 4) is 0 Å². The van der Waals surface area contributed by atoms with Gasteiger partial charge in [0.15, 0.2) is 0 Å². The van der Waals surface area contributed by atoms with Crippen LogP contribution < -0.4 is 5.32 Å². The molecule has 1 heterocycles. The number of rotatable bonds is 5. The van der Waals surface area contributed by atoms with Gasteiger partial charge in [-0.15, -0.1) is 0 Å². The van der Waals surface area contributed by atoms with Crippen LogP contribution in [0.25, 0.3) is 0 Å². The number of piperidine rings is 1. The third-order valence-electron chi connectivity index (χ3n) is 3.91. The molecular formula is C15H24N2O. The molecule has 1 saturated heterocycles. The fourth-order valence-electron chi connectivity index (χ4n) is 2.65. The first kappa shape index (κ1) is 13.5. The Hall–Kier alpha value is -0.900. The molecule has 0 saturated carbocycles. The van der Waals surface area contributed by atoms with Crippen molar-refractivity contribution in [1.82, 2.24) is 10.2 Å². The van der Waals surface area contributed by atoms with E-state index in [1.807, 2.05) is 18.2 Å². The van der Waals surface area contributed by atoms with Crippen molar-refractivity contribution in [1.29, 1.82) is 0 Å². The van der Waals surface area contributed by atoms with E-state index in [2.05, 4.69) is 29.4 Å². The minimum atomic E-state index is 0.0570. The topological polar surface area (TPSA) is 35.5 Å². The van der Waals surface area contributed by atoms with Crippen LogP contribution in [0.1, 0.15) is 30.9 Å². The van der Waals surface area contributed by atoms with E-state index in [-0.39, 0.29) is 12.6 Å². The number of likely N-dealkylation sites (N-methyl/N-ethyl adjacent to an activating group) is 1. The van der Waals surface area contributed by atoms with Crippen molar-refractivity contribution >= 4 is 0 Å². The molecule has 0 spiro atoms. The normalized spacial score (nSPS) is 22.9. The van der Waals surface area contributed by atoms with E-state index in [0.29, 0.717) is 6.04 Å². The summed E-state index contributed by atoms with van der Waals surface area (Å²) in [5.41, 5.74) is 1.17. The zero-order chi connectivity index (χ0) is 12.8. The number of aliphatic hydroxyl groups is 1. The average molecular weight is 248 g/mol. The zero-order valence-electron chi connectivity index (χ0n) is 11.2. The first-order chi connectivity index (χ1) is 8.81. The maximum absolute atomic E-state index is 9.50. The Kier molecular flexibility index (Phi) is 5.17. The molecule has 3 nitrogen and oxygen atoms in total. The van der Waals surface area contributed by atoms with Crippen molar-refractivity contribution in [2.45, 2.75) is 31.3 Å². The Balaban J connectivity index is 1.87. The lowest BCUT2D eigenvalue weighted by molar-refractivity contribution is 0.167. The summed E-state index contributed by atoms with van der Waals surface area (Å²) in [6, 6.07) is 10.8. The highest BCUT2D eigenvalue weighted by atomic mass is 16.3. The van der Waals surface area contributed by atoms with Crippen LogP contribution in [0.5, 0.6) is 0 Å². The van der Waals surface area contributed by atoms with Crippen molar-refractivity contribution in [3.05, 3.63) is 35.9 Å². The van der Waals surface area contributed by atoms with E-state index in [0.717, 1.165) is 6.54 Å². The lowest BCUT2D eigenvalue weighted by atomic mass is 10.0. The number of hydrogen-bond acceptors (Lipinski definition) is 3. The van der Waals surface area contributed by atoms with Gasteiger partial charge in [0.2, 0.25) is 0 Å². The summed E-state index contributed by atoms with van der Waals surface area (Å²) in [4.78, 5) is 2.43. The molecule has 0 bridgehead atoms. The van der Waals surface area contributed by atoms with Gasteiger partial charge in [0.1, 0.15) is 0 Å². The van der Waals surface area contributed by atoms with Crippen molar-refractivity contribution in [2.24, 2.45) is 0 Å². The lowest BCUT2D eigenvalue weighted by Gasteiger charge is -2.33. The number of benzene rings is 1. The van der Waals surface area contributed by atoms with Gasteiger partial charge in [-0.25, -0.2) is 0 Å². The highest BCUT2D eigenvalue weighted by Crippen LogP contribution is 2.16. The average Bonchev–Trinajstić information content (AvgIpc) is 2.42. The molecule has 1 aliphatic heterocycles. The fraction of sp³-hybridized carbons (Fsp3) is 0.600.